The molecular weight excluding hydrogens is 304 g/mol. The number of pyridine rings is 1. The Morgan fingerprint density at radius 3 is 2.76 bits per heavy atom. The first-order valence-corrected chi connectivity index (χ1v) is 7.80. The lowest BCUT2D eigenvalue weighted by atomic mass is 10.3. The van der Waals surface area contributed by atoms with Crippen LogP contribution in [0.15, 0.2) is 24.3 Å². The number of hydrogen-bond donors (Lipinski definition) is 0. The number of halogens is 1. The van der Waals surface area contributed by atoms with Gasteiger partial charge in [0.2, 0.25) is 5.28 Å². The molecule has 108 valence electrons. The molecule has 4 nitrogen and oxygen atoms in total. The lowest BCUT2D eigenvalue weighted by Gasteiger charge is -2.18. The molecule has 0 atom stereocenters. The monoisotopic (exact) mass is 318 g/mol. The van der Waals surface area contributed by atoms with Gasteiger partial charge in [-0.15, -0.1) is 11.3 Å². The molecular formula is C15H15ClN4S. The van der Waals surface area contributed by atoms with Gasteiger partial charge >= 0.3 is 0 Å². The highest BCUT2D eigenvalue weighted by Gasteiger charge is 2.14. The fourth-order valence-electron chi connectivity index (χ4n) is 2.30. The number of aryl methyl sites for hydroxylation is 2. The van der Waals surface area contributed by atoms with Crippen LogP contribution in [-0.4, -0.2) is 22.0 Å². The van der Waals surface area contributed by atoms with Gasteiger partial charge in [0.05, 0.1) is 17.6 Å². The molecule has 21 heavy (non-hydrogen) atoms. The normalized spacial score (nSPS) is 11.0. The highest BCUT2D eigenvalue weighted by atomic mass is 35.5. The van der Waals surface area contributed by atoms with Crippen LogP contribution in [-0.2, 0) is 6.54 Å². The van der Waals surface area contributed by atoms with E-state index in [0.29, 0.717) is 6.54 Å². The minimum Gasteiger partial charge on any atom is -0.353 e. The van der Waals surface area contributed by atoms with Gasteiger partial charge in [0.1, 0.15) is 10.6 Å². The molecule has 0 aromatic carbocycles. The van der Waals surface area contributed by atoms with E-state index in [4.69, 9.17) is 11.6 Å². The third-order valence-electron chi connectivity index (χ3n) is 3.18. The lowest BCUT2D eigenvalue weighted by molar-refractivity contribution is 0.862. The molecule has 0 aliphatic heterocycles. The van der Waals surface area contributed by atoms with Crippen LogP contribution < -0.4 is 4.90 Å². The van der Waals surface area contributed by atoms with Crippen LogP contribution in [0.5, 0.6) is 0 Å². The van der Waals surface area contributed by atoms with Gasteiger partial charge in [-0.05, 0) is 43.6 Å². The molecule has 3 aromatic heterocycles. The van der Waals surface area contributed by atoms with Gasteiger partial charge in [-0.25, -0.2) is 4.98 Å². The molecule has 0 N–H and O–H groups in total. The molecule has 6 heteroatoms. The summed E-state index contributed by atoms with van der Waals surface area (Å²) in [6.07, 6.45) is 0. The minimum atomic E-state index is 0.281. The maximum atomic E-state index is 6.05. The van der Waals surface area contributed by atoms with Crippen LogP contribution in [0, 0.1) is 13.8 Å². The maximum Gasteiger partial charge on any atom is 0.225 e. The summed E-state index contributed by atoms with van der Waals surface area (Å²) in [7, 11) is 2.00. The van der Waals surface area contributed by atoms with Crippen LogP contribution in [0.2, 0.25) is 5.28 Å². The number of rotatable bonds is 3. The SMILES string of the molecule is Cc1cccc(CN(C)c2nc(Cl)nc3sc(C)cc23)n1. The highest BCUT2D eigenvalue weighted by molar-refractivity contribution is 7.18. The average molecular weight is 319 g/mol. The number of anilines is 1. The van der Waals surface area contributed by atoms with Crippen molar-refractivity contribution in [2.24, 2.45) is 0 Å². The zero-order valence-electron chi connectivity index (χ0n) is 12.1. The Hall–Kier alpha value is -1.72. The fraction of sp³-hybridized carbons (Fsp3) is 0.267. The molecule has 0 aliphatic carbocycles. The van der Waals surface area contributed by atoms with E-state index in [1.165, 1.54) is 4.88 Å². The molecule has 0 saturated heterocycles. The number of nitrogens with zero attached hydrogens (tertiary/aromatic N) is 4. The van der Waals surface area contributed by atoms with Crippen LogP contribution in [0.25, 0.3) is 10.2 Å². The van der Waals surface area contributed by atoms with E-state index in [1.807, 2.05) is 32.2 Å². The zero-order chi connectivity index (χ0) is 15.0. The van der Waals surface area contributed by atoms with E-state index in [9.17, 15) is 0 Å². The van der Waals surface area contributed by atoms with Crippen molar-refractivity contribution in [3.8, 4) is 0 Å². The average Bonchev–Trinajstić information content (AvgIpc) is 2.77. The fourth-order valence-corrected chi connectivity index (χ4v) is 3.39. The quantitative estimate of drug-likeness (QED) is 0.685. The molecule has 0 radical (unpaired) electrons. The molecule has 0 unspecified atom stereocenters. The third kappa shape index (κ3) is 2.99. The van der Waals surface area contributed by atoms with Crippen LogP contribution in [0.3, 0.4) is 0 Å². The van der Waals surface area contributed by atoms with Crippen molar-refractivity contribution in [3.63, 3.8) is 0 Å². The molecule has 0 bridgehead atoms. The van der Waals surface area contributed by atoms with Crippen molar-refractivity contribution < 1.29 is 0 Å². The van der Waals surface area contributed by atoms with E-state index in [-0.39, 0.29) is 5.28 Å². The lowest BCUT2D eigenvalue weighted by Crippen LogP contribution is -2.19. The standard InChI is InChI=1S/C15H15ClN4S/c1-9-5-4-6-11(17-9)8-20(3)13-12-7-10(2)21-14(12)19-15(16)18-13/h4-7H,8H2,1-3H3. The molecule has 0 fully saturated rings. The second-order valence-corrected chi connectivity index (χ2v) is 6.59. The Bertz CT molecular complexity index is 799. The van der Waals surface area contributed by atoms with Crippen molar-refractivity contribution in [1.29, 1.82) is 0 Å². The molecule has 0 spiro atoms. The van der Waals surface area contributed by atoms with Crippen molar-refractivity contribution in [2.45, 2.75) is 20.4 Å². The summed E-state index contributed by atoms with van der Waals surface area (Å²) in [6.45, 7) is 4.73. The van der Waals surface area contributed by atoms with Crippen molar-refractivity contribution in [2.75, 3.05) is 11.9 Å². The van der Waals surface area contributed by atoms with E-state index in [0.717, 1.165) is 27.4 Å². The van der Waals surface area contributed by atoms with Crippen molar-refractivity contribution >= 4 is 39.0 Å². The Labute approximate surface area is 132 Å². The van der Waals surface area contributed by atoms with Gasteiger partial charge in [0.25, 0.3) is 0 Å². The van der Waals surface area contributed by atoms with Gasteiger partial charge in [-0.1, -0.05) is 6.07 Å². The van der Waals surface area contributed by atoms with Gasteiger partial charge in [-0.2, -0.15) is 4.98 Å². The van der Waals surface area contributed by atoms with Crippen LogP contribution in [0.4, 0.5) is 5.82 Å². The number of aromatic nitrogens is 3. The summed E-state index contributed by atoms with van der Waals surface area (Å²) >= 11 is 7.68. The summed E-state index contributed by atoms with van der Waals surface area (Å²) in [5.74, 6) is 0.845. The van der Waals surface area contributed by atoms with Crippen LogP contribution >= 0.6 is 22.9 Å². The predicted octanol–water partition coefficient (Wildman–Crippen LogP) is 3.99. The molecule has 0 saturated carbocycles. The number of hydrogen-bond acceptors (Lipinski definition) is 5. The molecule has 3 aromatic rings. The number of fused-ring (bicyclic) bond motifs is 1. The molecule has 3 heterocycles. The molecule has 0 aliphatic rings. The predicted molar refractivity (Wildman–Crippen MR) is 88.2 cm³/mol. The molecule has 0 amide bonds. The third-order valence-corrected chi connectivity index (χ3v) is 4.29. The topological polar surface area (TPSA) is 41.9 Å². The Morgan fingerprint density at radius 2 is 2.00 bits per heavy atom. The van der Waals surface area contributed by atoms with E-state index in [2.05, 4.69) is 32.8 Å². The smallest absolute Gasteiger partial charge is 0.225 e. The second-order valence-electron chi connectivity index (χ2n) is 5.02. The van der Waals surface area contributed by atoms with Crippen molar-refractivity contribution in [3.05, 3.63) is 45.8 Å². The Kier molecular flexibility index (Phi) is 3.78. The van der Waals surface area contributed by atoms with E-state index < -0.39 is 0 Å². The van der Waals surface area contributed by atoms with Gasteiger partial charge in [0.15, 0.2) is 0 Å². The highest BCUT2D eigenvalue weighted by Crippen LogP contribution is 2.31. The summed E-state index contributed by atoms with van der Waals surface area (Å²) < 4.78 is 0. The summed E-state index contributed by atoms with van der Waals surface area (Å²) in [5.41, 5.74) is 2.02. The van der Waals surface area contributed by atoms with Gasteiger partial charge in [-0.3, -0.25) is 4.98 Å². The van der Waals surface area contributed by atoms with Crippen molar-refractivity contribution in [1.82, 2.24) is 15.0 Å². The second kappa shape index (κ2) is 5.58. The summed E-state index contributed by atoms with van der Waals surface area (Å²) in [4.78, 5) is 17.4. The first kappa shape index (κ1) is 14.2. The first-order chi connectivity index (χ1) is 10.0. The molecule has 3 rings (SSSR count). The maximum absolute atomic E-state index is 6.05. The summed E-state index contributed by atoms with van der Waals surface area (Å²) in [6, 6.07) is 8.13. The van der Waals surface area contributed by atoms with E-state index in [1.54, 1.807) is 11.3 Å². The first-order valence-electron chi connectivity index (χ1n) is 6.60. The zero-order valence-corrected chi connectivity index (χ0v) is 13.7. The number of thiophene rings is 1. The van der Waals surface area contributed by atoms with Gasteiger partial charge < -0.3 is 4.90 Å². The Morgan fingerprint density at radius 1 is 1.19 bits per heavy atom. The van der Waals surface area contributed by atoms with Gasteiger partial charge in [0, 0.05) is 17.6 Å². The summed E-state index contributed by atoms with van der Waals surface area (Å²) in [5, 5.41) is 1.32. The minimum absolute atomic E-state index is 0.281. The van der Waals surface area contributed by atoms with Crippen LogP contribution in [0.1, 0.15) is 16.3 Å². The largest absolute Gasteiger partial charge is 0.353 e. The Balaban J connectivity index is 1.99. The van der Waals surface area contributed by atoms with E-state index >= 15 is 0 Å².